The predicted molar refractivity (Wildman–Crippen MR) is 90.9 cm³/mol. The number of halogens is 1. The Bertz CT molecular complexity index is 1010. The van der Waals surface area contributed by atoms with Crippen molar-refractivity contribution in [2.75, 3.05) is 7.11 Å². The molecule has 25 heavy (non-hydrogen) atoms. The lowest BCUT2D eigenvalue weighted by molar-refractivity contribution is 0.0600. The molecule has 0 spiro atoms. The van der Waals surface area contributed by atoms with Gasteiger partial charge in [-0.25, -0.2) is 14.8 Å². The summed E-state index contributed by atoms with van der Waals surface area (Å²) in [5.74, 6) is -0.0371. The van der Waals surface area contributed by atoms with Gasteiger partial charge in [0.2, 0.25) is 0 Å². The van der Waals surface area contributed by atoms with Gasteiger partial charge in [-0.05, 0) is 18.2 Å². The average molecular weight is 402 g/mol. The summed E-state index contributed by atoms with van der Waals surface area (Å²) in [4.78, 5) is 34.0. The fourth-order valence-corrected chi connectivity index (χ4v) is 3.38. The molecule has 1 aliphatic rings. The van der Waals surface area contributed by atoms with Gasteiger partial charge in [0, 0.05) is 16.1 Å². The highest BCUT2D eigenvalue weighted by atomic mass is 79.9. The quantitative estimate of drug-likeness (QED) is 0.627. The van der Waals surface area contributed by atoms with Gasteiger partial charge in [0.25, 0.3) is 5.91 Å². The second-order valence-corrected chi connectivity index (χ2v) is 6.54. The van der Waals surface area contributed by atoms with Crippen LogP contribution in [0.5, 0.6) is 0 Å². The third-order valence-electron chi connectivity index (χ3n) is 4.04. The van der Waals surface area contributed by atoms with E-state index in [0.29, 0.717) is 34.7 Å². The largest absolute Gasteiger partial charge is 0.465 e. The van der Waals surface area contributed by atoms with Gasteiger partial charge in [-0.2, -0.15) is 0 Å². The van der Waals surface area contributed by atoms with Gasteiger partial charge in [-0.15, -0.1) is 0 Å². The van der Waals surface area contributed by atoms with E-state index < -0.39 is 5.97 Å². The number of ether oxygens (including phenoxy) is 1. The average Bonchev–Trinajstić information content (AvgIpc) is 3.15. The van der Waals surface area contributed by atoms with E-state index in [1.165, 1.54) is 19.6 Å². The number of hydrogen-bond donors (Lipinski definition) is 0. The van der Waals surface area contributed by atoms with Crippen LogP contribution in [0.2, 0.25) is 0 Å². The summed E-state index contributed by atoms with van der Waals surface area (Å²) >= 11 is 3.38. The van der Waals surface area contributed by atoms with E-state index in [2.05, 4.69) is 25.9 Å². The number of carbonyl (C=O) groups is 2. The molecule has 0 saturated heterocycles. The molecule has 0 saturated carbocycles. The van der Waals surface area contributed by atoms with E-state index in [1.807, 2.05) is 12.1 Å². The summed E-state index contributed by atoms with van der Waals surface area (Å²) in [6, 6.07) is 5.31. The van der Waals surface area contributed by atoms with Gasteiger partial charge in [0.15, 0.2) is 0 Å². The Morgan fingerprint density at radius 3 is 3.00 bits per heavy atom. The van der Waals surface area contributed by atoms with Crippen molar-refractivity contribution < 1.29 is 18.7 Å². The normalized spacial score (nSPS) is 13.4. The number of benzene rings is 1. The highest BCUT2D eigenvalue weighted by molar-refractivity contribution is 9.10. The zero-order chi connectivity index (χ0) is 17.6. The van der Waals surface area contributed by atoms with Gasteiger partial charge in [-0.3, -0.25) is 4.79 Å². The molecule has 0 atom stereocenters. The van der Waals surface area contributed by atoms with Crippen molar-refractivity contribution in [2.24, 2.45) is 0 Å². The minimum Gasteiger partial charge on any atom is -0.465 e. The Labute approximate surface area is 150 Å². The highest BCUT2D eigenvalue weighted by Gasteiger charge is 2.29. The van der Waals surface area contributed by atoms with E-state index in [9.17, 15) is 9.59 Å². The Hall–Kier alpha value is -2.74. The lowest BCUT2D eigenvalue weighted by atomic mass is 10.1. The second kappa shape index (κ2) is 5.96. The third-order valence-corrected chi connectivity index (χ3v) is 4.49. The third kappa shape index (κ3) is 2.68. The molecule has 1 aromatic carbocycles. The van der Waals surface area contributed by atoms with Crippen LogP contribution in [0, 0.1) is 0 Å². The highest BCUT2D eigenvalue weighted by Crippen LogP contribution is 2.30. The van der Waals surface area contributed by atoms with Crippen molar-refractivity contribution >= 4 is 38.8 Å². The van der Waals surface area contributed by atoms with Crippen LogP contribution in [0.25, 0.3) is 11.0 Å². The number of furan rings is 1. The Morgan fingerprint density at radius 2 is 2.24 bits per heavy atom. The molecular formula is C17H12BrN3O4. The minimum atomic E-state index is -0.480. The lowest BCUT2D eigenvalue weighted by Crippen LogP contribution is -2.22. The van der Waals surface area contributed by atoms with Crippen LogP contribution in [0.3, 0.4) is 0 Å². The molecular weight excluding hydrogens is 390 g/mol. The number of nitrogens with zero attached hydrogens (tertiary/aromatic N) is 3. The van der Waals surface area contributed by atoms with Crippen molar-refractivity contribution in [1.29, 1.82) is 0 Å². The lowest BCUT2D eigenvalue weighted by Gasteiger charge is -2.12. The maximum Gasteiger partial charge on any atom is 0.341 e. The molecule has 0 fully saturated rings. The molecule has 126 valence electrons. The first kappa shape index (κ1) is 15.8. The number of methoxy groups -OCH3 is 1. The molecule has 4 rings (SSSR count). The SMILES string of the molecule is COC(=O)c1cc(Br)cc2cc(CN3Cc4ncncc4C3=O)oc12. The van der Waals surface area contributed by atoms with Crippen molar-refractivity contribution in [3.05, 3.63) is 57.8 Å². The molecule has 0 bridgehead atoms. The number of aromatic nitrogens is 2. The standard InChI is InChI=1S/C17H12BrN3O4/c1-24-17(23)12-4-10(18)2-9-3-11(25-15(9)12)6-21-7-14-13(16(21)22)5-19-8-20-14/h2-5,8H,6-7H2,1H3. The Balaban J connectivity index is 1.68. The van der Waals surface area contributed by atoms with E-state index in [-0.39, 0.29) is 12.5 Å². The van der Waals surface area contributed by atoms with E-state index >= 15 is 0 Å². The van der Waals surface area contributed by atoms with Crippen LogP contribution in [0.1, 0.15) is 32.2 Å². The second-order valence-electron chi connectivity index (χ2n) is 5.62. The molecule has 8 heteroatoms. The van der Waals surface area contributed by atoms with Crippen LogP contribution in [0.15, 0.2) is 39.6 Å². The van der Waals surface area contributed by atoms with Crippen LogP contribution in [-0.4, -0.2) is 33.9 Å². The summed E-state index contributed by atoms with van der Waals surface area (Å²) in [5.41, 5.74) is 1.99. The Kier molecular flexibility index (Phi) is 3.76. The maximum atomic E-state index is 12.4. The number of hydrogen-bond acceptors (Lipinski definition) is 6. The van der Waals surface area contributed by atoms with Crippen molar-refractivity contribution in [2.45, 2.75) is 13.1 Å². The molecule has 0 aliphatic carbocycles. The van der Waals surface area contributed by atoms with Gasteiger partial charge >= 0.3 is 5.97 Å². The Morgan fingerprint density at radius 1 is 1.40 bits per heavy atom. The summed E-state index contributed by atoms with van der Waals surface area (Å²) < 4.78 is 11.4. The number of carbonyl (C=O) groups excluding carboxylic acids is 2. The van der Waals surface area contributed by atoms with E-state index in [4.69, 9.17) is 9.15 Å². The maximum absolute atomic E-state index is 12.4. The molecule has 0 N–H and O–H groups in total. The summed E-state index contributed by atoms with van der Waals surface area (Å²) in [6.07, 6.45) is 2.95. The number of rotatable bonds is 3. The first-order valence-corrected chi connectivity index (χ1v) is 8.24. The first-order valence-electron chi connectivity index (χ1n) is 7.45. The van der Waals surface area contributed by atoms with E-state index in [0.717, 1.165) is 9.86 Å². The van der Waals surface area contributed by atoms with Crippen molar-refractivity contribution in [1.82, 2.24) is 14.9 Å². The fraction of sp³-hybridized carbons (Fsp3) is 0.176. The molecule has 1 amide bonds. The summed E-state index contributed by atoms with van der Waals surface area (Å²) in [7, 11) is 1.32. The molecule has 0 unspecified atom stereocenters. The van der Waals surface area contributed by atoms with E-state index in [1.54, 1.807) is 11.0 Å². The van der Waals surface area contributed by atoms with Crippen LogP contribution < -0.4 is 0 Å². The van der Waals surface area contributed by atoms with Gasteiger partial charge in [0.05, 0.1) is 31.5 Å². The van der Waals surface area contributed by atoms with Crippen LogP contribution in [-0.2, 0) is 17.8 Å². The predicted octanol–water partition coefficient (Wildman–Crippen LogP) is 2.93. The van der Waals surface area contributed by atoms with Gasteiger partial charge in [0.1, 0.15) is 23.2 Å². The molecule has 7 nitrogen and oxygen atoms in total. The number of esters is 1. The van der Waals surface area contributed by atoms with Gasteiger partial charge < -0.3 is 14.1 Å². The van der Waals surface area contributed by atoms with Crippen molar-refractivity contribution in [3.63, 3.8) is 0 Å². The first-order chi connectivity index (χ1) is 12.1. The summed E-state index contributed by atoms with van der Waals surface area (Å²) in [6.45, 7) is 0.684. The van der Waals surface area contributed by atoms with Crippen LogP contribution in [0.4, 0.5) is 0 Å². The molecule has 2 aromatic heterocycles. The monoisotopic (exact) mass is 401 g/mol. The molecule has 3 heterocycles. The zero-order valence-electron chi connectivity index (χ0n) is 13.2. The number of amides is 1. The topological polar surface area (TPSA) is 85.5 Å². The number of fused-ring (bicyclic) bond motifs is 2. The van der Waals surface area contributed by atoms with Gasteiger partial charge in [-0.1, -0.05) is 15.9 Å². The smallest absolute Gasteiger partial charge is 0.341 e. The minimum absolute atomic E-state index is 0.134. The molecule has 3 aromatic rings. The van der Waals surface area contributed by atoms with Crippen LogP contribution >= 0.6 is 15.9 Å². The fourth-order valence-electron chi connectivity index (χ4n) is 2.91. The molecule has 0 radical (unpaired) electrons. The zero-order valence-corrected chi connectivity index (χ0v) is 14.7. The summed E-state index contributed by atoms with van der Waals surface area (Å²) in [5, 5.41) is 0.758. The molecule has 1 aliphatic heterocycles. The van der Waals surface area contributed by atoms with Crippen molar-refractivity contribution in [3.8, 4) is 0 Å².